The number of nitrogens with two attached hydrogens (primary N) is 1. The van der Waals surface area contributed by atoms with Crippen molar-refractivity contribution in [1.82, 2.24) is 24.7 Å². The summed E-state index contributed by atoms with van der Waals surface area (Å²) >= 11 is 0. The van der Waals surface area contributed by atoms with Gasteiger partial charge in [0.2, 0.25) is 0 Å². The third-order valence-corrected chi connectivity index (χ3v) is 5.63. The number of anilines is 1. The molecule has 5 aromatic rings. The molecule has 1 aliphatic carbocycles. The summed E-state index contributed by atoms with van der Waals surface area (Å²) in [4.78, 5) is 13.6. The SMILES string of the molecule is Cc1cc(-c2ccccc2)nc2cc(-c3nn(C4=CC=C4)c4ncnc(N)c34)ccc12. The van der Waals surface area contributed by atoms with Crippen molar-refractivity contribution in [1.29, 1.82) is 0 Å². The number of nitrogens with zero attached hydrogens (tertiary/aromatic N) is 5. The van der Waals surface area contributed by atoms with E-state index in [2.05, 4.69) is 53.3 Å². The first-order chi connectivity index (χ1) is 15.2. The number of nitrogen functional groups attached to an aromatic ring is 1. The molecule has 2 N–H and O–H groups in total. The zero-order valence-electron chi connectivity index (χ0n) is 16.8. The van der Waals surface area contributed by atoms with E-state index in [0.29, 0.717) is 11.5 Å². The summed E-state index contributed by atoms with van der Waals surface area (Å²) in [6.07, 6.45) is 7.43. The Morgan fingerprint density at radius 3 is 2.55 bits per heavy atom. The van der Waals surface area contributed by atoms with E-state index in [-0.39, 0.29) is 0 Å². The molecular weight excluding hydrogens is 384 g/mol. The highest BCUT2D eigenvalue weighted by Crippen LogP contribution is 2.34. The minimum atomic E-state index is 0.414. The van der Waals surface area contributed by atoms with Gasteiger partial charge in [0.25, 0.3) is 0 Å². The number of hydrogen-bond acceptors (Lipinski definition) is 5. The van der Waals surface area contributed by atoms with Crippen LogP contribution in [0.15, 0.2) is 79.2 Å². The summed E-state index contributed by atoms with van der Waals surface area (Å²) in [5, 5.41) is 6.70. The lowest BCUT2D eigenvalue weighted by Crippen LogP contribution is -2.02. The molecule has 0 unspecified atom stereocenters. The van der Waals surface area contributed by atoms with Crippen LogP contribution in [0.25, 0.3) is 50.1 Å². The maximum Gasteiger partial charge on any atom is 0.169 e. The first-order valence-corrected chi connectivity index (χ1v) is 10.0. The van der Waals surface area contributed by atoms with Gasteiger partial charge in [0.05, 0.1) is 22.3 Å². The zero-order valence-corrected chi connectivity index (χ0v) is 16.8. The summed E-state index contributed by atoms with van der Waals surface area (Å²) in [6.45, 7) is 2.11. The first-order valence-electron chi connectivity index (χ1n) is 10.0. The molecule has 0 atom stereocenters. The number of benzene rings is 2. The fraction of sp³-hybridized carbons (Fsp3) is 0.0400. The number of fused-ring (bicyclic) bond motifs is 2. The van der Waals surface area contributed by atoms with Crippen molar-refractivity contribution in [2.75, 3.05) is 5.73 Å². The first kappa shape index (κ1) is 17.5. The topological polar surface area (TPSA) is 82.5 Å². The van der Waals surface area contributed by atoms with E-state index in [9.17, 15) is 0 Å². The molecule has 2 aromatic carbocycles. The van der Waals surface area contributed by atoms with E-state index in [1.165, 1.54) is 11.9 Å². The van der Waals surface area contributed by atoms with Crippen LogP contribution >= 0.6 is 0 Å². The monoisotopic (exact) mass is 402 g/mol. The molecule has 1 aliphatic rings. The Kier molecular flexibility index (Phi) is 3.73. The van der Waals surface area contributed by atoms with Crippen molar-refractivity contribution in [3.05, 3.63) is 84.7 Å². The molecule has 0 amide bonds. The molecule has 6 nitrogen and oxygen atoms in total. The second-order valence-corrected chi connectivity index (χ2v) is 7.59. The number of aromatic nitrogens is 5. The largest absolute Gasteiger partial charge is 0.383 e. The lowest BCUT2D eigenvalue weighted by molar-refractivity contribution is 0.923. The molecule has 0 saturated carbocycles. The summed E-state index contributed by atoms with van der Waals surface area (Å²) in [5.74, 6) is 0.414. The molecule has 6 heteroatoms. The molecule has 0 fully saturated rings. The Morgan fingerprint density at radius 1 is 0.935 bits per heavy atom. The van der Waals surface area contributed by atoms with Crippen LogP contribution in [0.1, 0.15) is 5.56 Å². The Morgan fingerprint density at radius 2 is 1.77 bits per heavy atom. The number of aryl methyl sites for hydroxylation is 1. The Hall–Kier alpha value is -4.32. The second-order valence-electron chi connectivity index (χ2n) is 7.59. The van der Waals surface area contributed by atoms with Crippen LogP contribution in [0, 0.1) is 6.92 Å². The average molecular weight is 402 g/mol. The van der Waals surface area contributed by atoms with Gasteiger partial charge in [-0.1, -0.05) is 48.5 Å². The van der Waals surface area contributed by atoms with Gasteiger partial charge >= 0.3 is 0 Å². The second kappa shape index (κ2) is 6.60. The predicted octanol–water partition coefficient (Wildman–Crippen LogP) is 5.01. The van der Waals surface area contributed by atoms with Gasteiger partial charge in [0, 0.05) is 16.5 Å². The van der Waals surface area contributed by atoms with Crippen molar-refractivity contribution in [2.45, 2.75) is 6.92 Å². The van der Waals surface area contributed by atoms with Crippen LogP contribution in [0.4, 0.5) is 5.82 Å². The molecule has 148 valence electrons. The van der Waals surface area contributed by atoms with Crippen LogP contribution in [-0.2, 0) is 0 Å². The van der Waals surface area contributed by atoms with Crippen molar-refractivity contribution in [2.24, 2.45) is 0 Å². The van der Waals surface area contributed by atoms with Gasteiger partial charge in [-0.2, -0.15) is 5.10 Å². The molecule has 0 bridgehead atoms. The van der Waals surface area contributed by atoms with E-state index in [1.54, 1.807) is 0 Å². The van der Waals surface area contributed by atoms with E-state index < -0.39 is 0 Å². The highest BCUT2D eigenvalue weighted by Gasteiger charge is 2.20. The van der Waals surface area contributed by atoms with Gasteiger partial charge in [-0.15, -0.1) is 0 Å². The minimum Gasteiger partial charge on any atom is -0.383 e. The van der Waals surface area contributed by atoms with Crippen molar-refractivity contribution >= 4 is 33.5 Å². The maximum atomic E-state index is 6.25. The van der Waals surface area contributed by atoms with E-state index in [1.807, 2.05) is 41.1 Å². The molecular formula is C25H18N6. The van der Waals surface area contributed by atoms with Gasteiger partial charge in [0.15, 0.2) is 5.65 Å². The van der Waals surface area contributed by atoms with Gasteiger partial charge in [-0.3, -0.25) is 0 Å². The molecule has 0 aliphatic heterocycles. The molecule has 0 spiro atoms. The van der Waals surface area contributed by atoms with Crippen molar-refractivity contribution < 1.29 is 0 Å². The Labute approximate surface area is 178 Å². The maximum absolute atomic E-state index is 6.25. The van der Waals surface area contributed by atoms with Gasteiger partial charge in [-0.25, -0.2) is 19.6 Å². The highest BCUT2D eigenvalue weighted by atomic mass is 15.3. The normalized spacial score (nSPS) is 12.9. The van der Waals surface area contributed by atoms with E-state index >= 15 is 0 Å². The van der Waals surface area contributed by atoms with Gasteiger partial charge < -0.3 is 5.73 Å². The fourth-order valence-electron chi connectivity index (χ4n) is 3.99. The molecule has 6 rings (SSSR count). The predicted molar refractivity (Wildman–Crippen MR) is 124 cm³/mol. The summed E-state index contributed by atoms with van der Waals surface area (Å²) < 4.78 is 1.81. The molecule has 31 heavy (non-hydrogen) atoms. The average Bonchev–Trinajstić information content (AvgIpc) is 3.13. The van der Waals surface area contributed by atoms with Gasteiger partial charge in [-0.05, 0) is 36.8 Å². The molecule has 0 saturated heterocycles. The molecule has 3 aromatic heterocycles. The number of rotatable bonds is 3. The Balaban J connectivity index is 1.58. The summed E-state index contributed by atoms with van der Waals surface area (Å²) in [6, 6.07) is 18.6. The third kappa shape index (κ3) is 2.73. The quantitative estimate of drug-likeness (QED) is 0.459. The van der Waals surface area contributed by atoms with Gasteiger partial charge in [0.1, 0.15) is 17.8 Å². The minimum absolute atomic E-state index is 0.414. The standard InChI is InChI=1S/C25H18N6/c1-15-12-20(16-6-3-2-4-7-16)29-21-13-17(10-11-19(15)21)23-22-24(26)27-14-28-25(22)31(30-23)18-8-5-9-18/h2-14H,1H3,(H2,26,27,28). The molecule has 0 radical (unpaired) electrons. The smallest absolute Gasteiger partial charge is 0.169 e. The zero-order chi connectivity index (χ0) is 20.9. The third-order valence-electron chi connectivity index (χ3n) is 5.63. The summed E-state index contributed by atoms with van der Waals surface area (Å²) in [5.41, 5.74) is 13.7. The van der Waals surface area contributed by atoms with E-state index in [0.717, 1.165) is 44.5 Å². The van der Waals surface area contributed by atoms with Crippen LogP contribution < -0.4 is 5.73 Å². The highest BCUT2D eigenvalue weighted by molar-refractivity contribution is 6.01. The van der Waals surface area contributed by atoms with Crippen molar-refractivity contribution in [3.63, 3.8) is 0 Å². The lowest BCUT2D eigenvalue weighted by Gasteiger charge is -2.09. The Bertz CT molecular complexity index is 1540. The summed E-state index contributed by atoms with van der Waals surface area (Å²) in [7, 11) is 0. The van der Waals surface area contributed by atoms with E-state index in [4.69, 9.17) is 15.8 Å². The number of allylic oxidation sites excluding steroid dienone is 4. The fourth-order valence-corrected chi connectivity index (χ4v) is 3.99. The lowest BCUT2D eigenvalue weighted by atomic mass is 10.0. The van der Waals surface area contributed by atoms with Crippen LogP contribution in [0.2, 0.25) is 0 Å². The van der Waals surface area contributed by atoms with Crippen LogP contribution in [0.3, 0.4) is 0 Å². The molecule has 3 heterocycles. The number of hydrogen-bond donors (Lipinski definition) is 1. The number of pyridine rings is 1. The van der Waals surface area contributed by atoms with Crippen LogP contribution in [-0.4, -0.2) is 24.7 Å². The van der Waals surface area contributed by atoms with Crippen molar-refractivity contribution in [3.8, 4) is 22.5 Å². The van der Waals surface area contributed by atoms with Crippen LogP contribution in [0.5, 0.6) is 0 Å².